The van der Waals surface area contributed by atoms with E-state index in [2.05, 4.69) is 97.8 Å². The van der Waals surface area contributed by atoms with Gasteiger partial charge in [-0.2, -0.15) is 9.97 Å². The Balaban J connectivity index is 1.29. The maximum Gasteiger partial charge on any atom is 0.303 e. The molecular formula is C51H65N5O10Si2. The number of hydrogen-bond donors (Lipinski definition) is 1. The smallest absolute Gasteiger partial charge is 0.303 e. The first-order valence-electron chi connectivity index (χ1n) is 23.3. The van der Waals surface area contributed by atoms with Gasteiger partial charge in [-0.25, -0.2) is 4.98 Å². The van der Waals surface area contributed by atoms with Gasteiger partial charge in [-0.15, -0.1) is 0 Å². The molecule has 0 bridgehead atoms. The zero-order valence-corrected chi connectivity index (χ0v) is 43.5. The van der Waals surface area contributed by atoms with Crippen LogP contribution in [0.5, 0.6) is 5.88 Å². The summed E-state index contributed by atoms with van der Waals surface area (Å²) in [5, 5.41) is 9.24. The summed E-state index contributed by atoms with van der Waals surface area (Å²) in [6, 6.07) is 15.3. The van der Waals surface area contributed by atoms with Crippen molar-refractivity contribution in [3.05, 3.63) is 78.6 Å². The summed E-state index contributed by atoms with van der Waals surface area (Å²) in [4.78, 5) is 53.8. The number of hydrogen-bond acceptors (Lipinski definition) is 14. The number of ether oxygens (including phenoxy) is 5. The Morgan fingerprint density at radius 1 is 0.838 bits per heavy atom. The lowest BCUT2D eigenvalue weighted by molar-refractivity contribution is -0.187. The Morgan fingerprint density at radius 3 is 2.10 bits per heavy atom. The van der Waals surface area contributed by atoms with Gasteiger partial charge in [0.15, 0.2) is 46.1 Å². The Kier molecular flexibility index (Phi) is 13.1. The van der Waals surface area contributed by atoms with Gasteiger partial charge in [0.1, 0.15) is 18.9 Å². The van der Waals surface area contributed by atoms with E-state index in [-0.39, 0.29) is 40.7 Å². The third-order valence-electron chi connectivity index (χ3n) is 14.4. The molecule has 2 aromatic heterocycles. The van der Waals surface area contributed by atoms with Gasteiger partial charge in [0.25, 0.3) is 0 Å². The fourth-order valence-electron chi connectivity index (χ4n) is 9.00. The number of fused-ring (bicyclic) bond motifs is 3. The molecule has 4 aromatic carbocycles. The van der Waals surface area contributed by atoms with Gasteiger partial charge in [-0.05, 0) is 80.2 Å². The molecule has 1 aliphatic carbocycles. The SMILES string of the molecule is C=CCOc1nc(N[C@@H]2c3c(cc4ccc5cccc6ccc3c4c56)[C@@H](OC(C)=O)[C@H](OC(C)=O)[C@H]2OC(C)=O)nc2c1ncn2[C@H]1C[C@H](O[Si](C)(C)C(C)(C)C)[C@@H](CO[Si](C)(C)C(C)(C)C)O1. The van der Waals surface area contributed by atoms with E-state index in [1.54, 1.807) is 12.4 Å². The molecule has 17 heteroatoms. The van der Waals surface area contributed by atoms with Crippen molar-refractivity contribution in [2.45, 2.75) is 148 Å². The largest absolute Gasteiger partial charge is 0.472 e. The van der Waals surface area contributed by atoms with Crippen LogP contribution in [0.25, 0.3) is 43.5 Å². The molecule has 362 valence electrons. The number of anilines is 1. The second-order valence-electron chi connectivity index (χ2n) is 21.2. The van der Waals surface area contributed by atoms with Gasteiger partial charge in [-0.1, -0.05) is 96.7 Å². The fraction of sp³-hybridized carbons (Fsp3) is 0.490. The number of carbonyl (C=O) groups is 3. The van der Waals surface area contributed by atoms with Crippen LogP contribution in [0.15, 0.2) is 67.5 Å². The van der Waals surface area contributed by atoms with Crippen molar-refractivity contribution >= 4 is 84.0 Å². The molecule has 0 unspecified atom stereocenters. The number of esters is 3. The van der Waals surface area contributed by atoms with Gasteiger partial charge >= 0.3 is 17.9 Å². The first-order valence-corrected chi connectivity index (χ1v) is 29.1. The summed E-state index contributed by atoms with van der Waals surface area (Å²) in [7, 11) is -4.44. The van der Waals surface area contributed by atoms with Crippen molar-refractivity contribution in [1.29, 1.82) is 0 Å². The zero-order valence-electron chi connectivity index (χ0n) is 41.5. The van der Waals surface area contributed by atoms with Crippen LogP contribution in [0.3, 0.4) is 0 Å². The minimum atomic E-state index is -2.28. The molecule has 2 aliphatic rings. The highest BCUT2D eigenvalue weighted by atomic mass is 28.4. The van der Waals surface area contributed by atoms with Crippen LogP contribution >= 0.6 is 0 Å². The van der Waals surface area contributed by atoms with Crippen molar-refractivity contribution in [3.8, 4) is 5.88 Å². The summed E-state index contributed by atoms with van der Waals surface area (Å²) in [6.45, 7) is 30.5. The Labute approximate surface area is 399 Å². The topological polar surface area (TPSA) is 171 Å². The standard InChI is InChI=1S/C51H65N5O10Si2/c1-15-23-60-48-43-47(56(27-52-43)38-25-36(66-68(13,14)51(8,9)10)37(65-38)26-61-67(11,12)50(5,6)7)54-49(55-48)53-42-41-34-22-21-32-18-16-17-31-19-20-33(40(34)39(31)32)24-35(41)44(62-28(2)57)46(64-30(4)59)45(42)63-29(3)58/h15-22,24,27,36-38,42,44-46H,1,23,25-26H2,2-14H3,(H,53,54,55)/t36-,37+,38+,42+,44+,45-,46-/m0/s1. The van der Waals surface area contributed by atoms with E-state index < -0.39 is 65.1 Å². The molecule has 1 aliphatic heterocycles. The first kappa shape index (κ1) is 49.0. The van der Waals surface area contributed by atoms with Gasteiger partial charge in [0.05, 0.1) is 25.1 Å². The molecule has 0 amide bonds. The van der Waals surface area contributed by atoms with Crippen LogP contribution in [-0.2, 0) is 42.2 Å². The summed E-state index contributed by atoms with van der Waals surface area (Å²) in [5.74, 6) is -1.65. The van der Waals surface area contributed by atoms with Gasteiger partial charge in [0.2, 0.25) is 11.8 Å². The van der Waals surface area contributed by atoms with Crippen LogP contribution in [0.1, 0.15) is 98.2 Å². The predicted molar refractivity (Wildman–Crippen MR) is 267 cm³/mol. The van der Waals surface area contributed by atoms with Crippen molar-refractivity contribution in [2.24, 2.45) is 0 Å². The summed E-state index contributed by atoms with van der Waals surface area (Å²) >= 11 is 0. The zero-order chi connectivity index (χ0) is 49.2. The van der Waals surface area contributed by atoms with E-state index in [1.807, 2.05) is 34.9 Å². The molecule has 0 saturated carbocycles. The average Bonchev–Trinajstić information content (AvgIpc) is 3.85. The second kappa shape index (κ2) is 18.1. The van der Waals surface area contributed by atoms with Crippen LogP contribution in [0, 0.1) is 0 Å². The van der Waals surface area contributed by atoms with E-state index >= 15 is 0 Å². The number of nitrogens with one attached hydrogen (secondary N) is 1. The highest BCUT2D eigenvalue weighted by Crippen LogP contribution is 2.50. The molecule has 1 fully saturated rings. The third kappa shape index (κ3) is 9.22. The van der Waals surface area contributed by atoms with E-state index in [4.69, 9.17) is 47.5 Å². The Bertz CT molecular complexity index is 2890. The predicted octanol–water partition coefficient (Wildman–Crippen LogP) is 10.6. The average molecular weight is 964 g/mol. The van der Waals surface area contributed by atoms with Crippen molar-refractivity contribution in [2.75, 3.05) is 18.5 Å². The third-order valence-corrected chi connectivity index (χ3v) is 23.4. The Hall–Kier alpha value is -5.47. The second-order valence-corrected chi connectivity index (χ2v) is 30.7. The summed E-state index contributed by atoms with van der Waals surface area (Å²) in [5.41, 5.74) is 2.01. The van der Waals surface area contributed by atoms with E-state index in [0.29, 0.717) is 35.3 Å². The molecule has 15 nitrogen and oxygen atoms in total. The molecule has 68 heavy (non-hydrogen) atoms. The normalized spacial score (nSPS) is 22.4. The lowest BCUT2D eigenvalue weighted by atomic mass is 9.77. The van der Waals surface area contributed by atoms with Gasteiger partial charge < -0.3 is 37.9 Å². The van der Waals surface area contributed by atoms with Crippen molar-refractivity contribution in [3.63, 3.8) is 0 Å². The Morgan fingerprint density at radius 2 is 1.47 bits per heavy atom. The quantitative estimate of drug-likeness (QED) is 0.0359. The lowest BCUT2D eigenvalue weighted by Gasteiger charge is -2.43. The number of benzene rings is 4. The minimum absolute atomic E-state index is 0.00572. The highest BCUT2D eigenvalue weighted by molar-refractivity contribution is 6.74. The van der Waals surface area contributed by atoms with E-state index in [9.17, 15) is 14.4 Å². The fourth-order valence-corrected chi connectivity index (χ4v) is 11.4. The maximum atomic E-state index is 13.2. The molecule has 0 radical (unpaired) electrons. The minimum Gasteiger partial charge on any atom is -0.472 e. The van der Waals surface area contributed by atoms with Gasteiger partial charge in [0, 0.05) is 32.8 Å². The lowest BCUT2D eigenvalue weighted by Crippen LogP contribution is -2.50. The van der Waals surface area contributed by atoms with Gasteiger partial charge in [-0.3, -0.25) is 19.0 Å². The number of carbonyl (C=O) groups excluding carboxylic acids is 3. The highest BCUT2D eigenvalue weighted by Gasteiger charge is 2.51. The molecule has 7 atom stereocenters. The maximum absolute atomic E-state index is 13.2. The van der Waals surface area contributed by atoms with Crippen LogP contribution in [0.4, 0.5) is 5.95 Å². The van der Waals surface area contributed by atoms with E-state index in [1.165, 1.54) is 20.8 Å². The van der Waals surface area contributed by atoms with E-state index in [0.717, 1.165) is 32.3 Å². The van der Waals surface area contributed by atoms with Crippen molar-refractivity contribution in [1.82, 2.24) is 19.5 Å². The number of imidazole rings is 1. The molecule has 1 saturated heterocycles. The van der Waals surface area contributed by atoms with Crippen LogP contribution in [0.2, 0.25) is 36.3 Å². The first-order chi connectivity index (χ1) is 31.9. The summed E-state index contributed by atoms with van der Waals surface area (Å²) in [6.07, 6.45) is -1.09. The molecule has 3 heterocycles. The monoisotopic (exact) mass is 963 g/mol. The molecule has 6 aromatic rings. The molecular weight excluding hydrogens is 899 g/mol. The number of nitrogens with zero attached hydrogens (tertiary/aromatic N) is 4. The van der Waals surface area contributed by atoms with Crippen molar-refractivity contribution < 1.29 is 46.9 Å². The number of aromatic nitrogens is 4. The number of rotatable bonds is 14. The molecule has 1 N–H and O–H groups in total. The van der Waals surface area contributed by atoms with Crippen LogP contribution in [-0.4, -0.2) is 91.7 Å². The molecule has 0 spiro atoms. The summed E-state index contributed by atoms with van der Waals surface area (Å²) < 4.78 is 47.1. The van der Waals surface area contributed by atoms with Crippen LogP contribution < -0.4 is 10.1 Å². The molecule has 8 rings (SSSR count).